The summed E-state index contributed by atoms with van der Waals surface area (Å²) in [5, 5.41) is 14.5. The molecule has 12 heteroatoms. The number of nitrogens with zero attached hydrogens (tertiary/aromatic N) is 3. The molecule has 1 atom stereocenters. The Morgan fingerprint density at radius 2 is 1.65 bits per heavy atom. The van der Waals surface area contributed by atoms with E-state index in [-0.39, 0.29) is 36.3 Å². The Morgan fingerprint density at radius 3 is 2.28 bits per heavy atom. The van der Waals surface area contributed by atoms with Gasteiger partial charge in [-0.3, -0.25) is 24.0 Å². The monoisotopic (exact) mass is 610 g/mol. The van der Waals surface area contributed by atoms with Crippen LogP contribution < -0.4 is 9.62 Å². The summed E-state index contributed by atoms with van der Waals surface area (Å²) in [7, 11) is -4.08. The summed E-state index contributed by atoms with van der Waals surface area (Å²) >= 11 is 0. The highest BCUT2D eigenvalue weighted by atomic mass is 32.2. The molecule has 2 amide bonds. The zero-order chi connectivity index (χ0) is 31.0. The molecule has 1 N–H and O–H groups in total. The highest BCUT2D eigenvalue weighted by Crippen LogP contribution is 2.25. The molecule has 1 aliphatic carbocycles. The number of rotatable bonds is 12. The van der Waals surface area contributed by atoms with Crippen molar-refractivity contribution in [2.24, 2.45) is 0 Å². The number of nitro groups is 1. The van der Waals surface area contributed by atoms with E-state index < -0.39 is 39.3 Å². The molecule has 0 heterocycles. The van der Waals surface area contributed by atoms with Gasteiger partial charge in [-0.15, -0.1) is 0 Å². The van der Waals surface area contributed by atoms with Gasteiger partial charge in [0.25, 0.3) is 5.69 Å². The van der Waals surface area contributed by atoms with Crippen LogP contribution in [0, 0.1) is 15.9 Å². The average Bonchev–Trinajstić information content (AvgIpc) is 2.99. The van der Waals surface area contributed by atoms with Crippen LogP contribution in [0.1, 0.15) is 43.2 Å². The second-order valence-electron chi connectivity index (χ2n) is 10.7. The number of nitrogens with one attached hydrogen (secondary N) is 1. The Balaban J connectivity index is 1.73. The number of hydrogen-bond acceptors (Lipinski definition) is 6. The average molecular weight is 611 g/mol. The van der Waals surface area contributed by atoms with Gasteiger partial charge in [0.2, 0.25) is 21.8 Å². The van der Waals surface area contributed by atoms with Gasteiger partial charge in [-0.25, -0.2) is 12.8 Å². The number of carbonyl (C=O) groups is 2. The van der Waals surface area contributed by atoms with Crippen molar-refractivity contribution in [3.8, 4) is 0 Å². The molecule has 3 aromatic carbocycles. The number of sulfonamides is 1. The molecule has 10 nitrogen and oxygen atoms in total. The third kappa shape index (κ3) is 8.84. The molecular weight excluding hydrogens is 575 g/mol. The zero-order valence-electron chi connectivity index (χ0n) is 23.9. The molecule has 1 fully saturated rings. The molecule has 0 aliphatic heterocycles. The molecule has 0 saturated heterocycles. The molecule has 0 radical (unpaired) electrons. The van der Waals surface area contributed by atoms with E-state index in [0.717, 1.165) is 54.3 Å². The second kappa shape index (κ2) is 14.2. The van der Waals surface area contributed by atoms with E-state index in [2.05, 4.69) is 5.32 Å². The fourth-order valence-electron chi connectivity index (χ4n) is 5.26. The highest BCUT2D eigenvalue weighted by molar-refractivity contribution is 7.92. The molecule has 0 aromatic heterocycles. The first-order valence-electron chi connectivity index (χ1n) is 14.1. The van der Waals surface area contributed by atoms with Crippen molar-refractivity contribution in [3.63, 3.8) is 0 Å². The molecule has 3 aromatic rings. The minimum atomic E-state index is -4.08. The summed E-state index contributed by atoms with van der Waals surface area (Å²) in [4.78, 5) is 40.1. The maximum absolute atomic E-state index is 14.1. The molecule has 228 valence electrons. The van der Waals surface area contributed by atoms with Gasteiger partial charge in [0.1, 0.15) is 18.4 Å². The molecule has 1 saturated carbocycles. The predicted molar refractivity (Wildman–Crippen MR) is 161 cm³/mol. The maximum atomic E-state index is 14.1. The van der Waals surface area contributed by atoms with Crippen LogP contribution in [0.4, 0.5) is 15.8 Å². The van der Waals surface area contributed by atoms with Crippen molar-refractivity contribution in [1.29, 1.82) is 0 Å². The van der Waals surface area contributed by atoms with Crippen LogP contribution in [0.15, 0.2) is 78.9 Å². The minimum Gasteiger partial charge on any atom is -0.352 e. The quantitative estimate of drug-likeness (QED) is 0.236. The van der Waals surface area contributed by atoms with Crippen molar-refractivity contribution >= 4 is 33.2 Å². The Hall–Kier alpha value is -4.32. The SMILES string of the molecule is CS(=O)(=O)N(CC(=O)N(Cc1ccc(F)cc1)[C@H](Cc1ccccc1)C(=O)NC1CCCCC1)c1cccc([N+](=O)[O-])c1. The normalized spacial score (nSPS) is 14.5. The lowest BCUT2D eigenvalue weighted by molar-refractivity contribution is -0.384. The summed E-state index contributed by atoms with van der Waals surface area (Å²) in [5.41, 5.74) is 0.940. The van der Waals surface area contributed by atoms with Crippen LogP contribution in [0.3, 0.4) is 0 Å². The lowest BCUT2D eigenvalue weighted by Gasteiger charge is -2.35. The fraction of sp³-hybridized carbons (Fsp3) is 0.355. The van der Waals surface area contributed by atoms with E-state index in [4.69, 9.17) is 0 Å². The maximum Gasteiger partial charge on any atom is 0.271 e. The van der Waals surface area contributed by atoms with E-state index in [0.29, 0.717) is 5.56 Å². The molecular formula is C31H35FN4O6S. The number of anilines is 1. The van der Waals surface area contributed by atoms with Gasteiger partial charge in [-0.1, -0.05) is 67.8 Å². The highest BCUT2D eigenvalue weighted by Gasteiger charge is 2.34. The third-order valence-electron chi connectivity index (χ3n) is 7.50. The van der Waals surface area contributed by atoms with Crippen LogP contribution in [0.25, 0.3) is 0 Å². The van der Waals surface area contributed by atoms with Gasteiger partial charge in [-0.2, -0.15) is 0 Å². The lowest BCUT2D eigenvalue weighted by atomic mass is 9.94. The van der Waals surface area contributed by atoms with Crippen LogP contribution in [0.2, 0.25) is 0 Å². The first kappa shape index (κ1) is 31.6. The molecule has 43 heavy (non-hydrogen) atoms. The standard InChI is InChI=1S/C31H35FN4O6S/c1-43(41,42)35(27-13-8-14-28(20-27)36(39)40)22-30(37)34(21-24-15-17-25(32)18-16-24)29(19-23-9-4-2-5-10-23)31(38)33-26-11-6-3-7-12-26/h2,4-5,8-10,13-18,20,26,29H,3,6-7,11-12,19,21-22H2,1H3,(H,33,38)/t29-/m1/s1. The van der Waals surface area contributed by atoms with Gasteiger partial charge >= 0.3 is 0 Å². The summed E-state index contributed by atoms with van der Waals surface area (Å²) in [6.07, 6.45) is 5.77. The first-order valence-corrected chi connectivity index (χ1v) is 16.0. The van der Waals surface area contributed by atoms with Gasteiger partial charge in [-0.05, 0) is 42.2 Å². The summed E-state index contributed by atoms with van der Waals surface area (Å²) in [5.74, 6) is -1.53. The molecule has 0 bridgehead atoms. The van der Waals surface area contributed by atoms with Gasteiger partial charge in [0, 0.05) is 31.1 Å². The Labute approximate surface area is 250 Å². The smallest absolute Gasteiger partial charge is 0.271 e. The van der Waals surface area contributed by atoms with E-state index >= 15 is 0 Å². The van der Waals surface area contributed by atoms with Crippen molar-refractivity contribution < 1.29 is 27.3 Å². The molecule has 1 aliphatic rings. The number of non-ortho nitro benzene ring substituents is 1. The Morgan fingerprint density at radius 1 is 0.977 bits per heavy atom. The van der Waals surface area contributed by atoms with Crippen molar-refractivity contribution in [2.75, 3.05) is 17.1 Å². The predicted octanol–water partition coefficient (Wildman–Crippen LogP) is 4.59. The first-order chi connectivity index (χ1) is 20.5. The number of nitro benzene ring substituents is 1. The Bertz CT molecular complexity index is 1530. The lowest BCUT2D eigenvalue weighted by Crippen LogP contribution is -2.55. The summed E-state index contributed by atoms with van der Waals surface area (Å²) < 4.78 is 40.3. The van der Waals surface area contributed by atoms with Crippen molar-refractivity contribution in [2.45, 2.75) is 57.2 Å². The number of hydrogen-bond donors (Lipinski definition) is 1. The fourth-order valence-corrected chi connectivity index (χ4v) is 6.10. The van der Waals surface area contributed by atoms with Crippen LogP contribution in [-0.4, -0.2) is 54.9 Å². The van der Waals surface area contributed by atoms with Crippen LogP contribution in [0.5, 0.6) is 0 Å². The summed E-state index contributed by atoms with van der Waals surface area (Å²) in [6.45, 7) is -0.801. The number of carbonyl (C=O) groups excluding carboxylic acids is 2. The van der Waals surface area contributed by atoms with E-state index in [1.807, 2.05) is 30.3 Å². The van der Waals surface area contributed by atoms with Gasteiger partial charge in [0.05, 0.1) is 16.9 Å². The second-order valence-corrected chi connectivity index (χ2v) is 12.7. The number of benzene rings is 3. The number of amides is 2. The van der Waals surface area contributed by atoms with Crippen molar-refractivity contribution in [1.82, 2.24) is 10.2 Å². The molecule has 0 spiro atoms. The molecule has 0 unspecified atom stereocenters. The third-order valence-corrected chi connectivity index (χ3v) is 8.64. The largest absolute Gasteiger partial charge is 0.352 e. The Kier molecular flexibility index (Phi) is 10.5. The summed E-state index contributed by atoms with van der Waals surface area (Å²) in [6, 6.07) is 18.6. The van der Waals surface area contributed by atoms with E-state index in [9.17, 15) is 32.5 Å². The van der Waals surface area contributed by atoms with E-state index in [1.54, 1.807) is 0 Å². The minimum absolute atomic E-state index is 0.0420. The topological polar surface area (TPSA) is 130 Å². The van der Waals surface area contributed by atoms with E-state index in [1.165, 1.54) is 47.4 Å². The zero-order valence-corrected chi connectivity index (χ0v) is 24.7. The number of halogens is 1. The van der Waals surface area contributed by atoms with Gasteiger partial charge < -0.3 is 10.2 Å². The van der Waals surface area contributed by atoms with Gasteiger partial charge in [0.15, 0.2) is 0 Å². The van der Waals surface area contributed by atoms with Crippen LogP contribution in [-0.2, 0) is 32.6 Å². The van der Waals surface area contributed by atoms with Crippen molar-refractivity contribution in [3.05, 3.63) is 106 Å². The molecule has 4 rings (SSSR count). The van der Waals surface area contributed by atoms with Crippen LogP contribution >= 0.6 is 0 Å².